The van der Waals surface area contributed by atoms with Gasteiger partial charge in [-0.15, -0.1) is 4.36 Å². The Bertz CT molecular complexity index is 1650. The van der Waals surface area contributed by atoms with Crippen LogP contribution in [0.15, 0.2) is 52.9 Å². The van der Waals surface area contributed by atoms with Crippen molar-refractivity contribution in [3.05, 3.63) is 70.3 Å². The molecule has 2 heterocycles. The van der Waals surface area contributed by atoms with Crippen molar-refractivity contribution in [2.24, 2.45) is 22.1 Å². The van der Waals surface area contributed by atoms with Crippen LogP contribution in [0, 0.1) is 17.8 Å². The van der Waals surface area contributed by atoms with Gasteiger partial charge in [0.2, 0.25) is 5.91 Å². The first kappa shape index (κ1) is 30.8. The highest BCUT2D eigenvalue weighted by atomic mass is 35.5. The number of hydrogen-bond acceptors (Lipinski definition) is 6. The van der Waals surface area contributed by atoms with E-state index in [0.717, 1.165) is 74.5 Å². The Morgan fingerprint density at radius 1 is 1.16 bits per heavy atom. The minimum Gasteiger partial charge on any atom is -0.490 e. The third-order valence-corrected chi connectivity index (χ3v) is 12.5. The molecule has 10 heteroatoms. The topological polar surface area (TPSA) is 97.3 Å². The van der Waals surface area contributed by atoms with Crippen LogP contribution in [0.2, 0.25) is 5.02 Å². The van der Waals surface area contributed by atoms with E-state index in [1.54, 1.807) is 13.2 Å². The molecular weight excluding hydrogens is 610 g/mol. The number of amides is 2. The molecule has 2 aliphatic heterocycles. The molecule has 5 atom stereocenters. The Kier molecular flexibility index (Phi) is 8.46. The zero-order valence-electron chi connectivity index (χ0n) is 25.8. The number of rotatable bonds is 3. The highest BCUT2D eigenvalue weighted by Crippen LogP contribution is 2.47. The van der Waals surface area contributed by atoms with E-state index in [4.69, 9.17) is 21.1 Å². The van der Waals surface area contributed by atoms with Crippen LogP contribution in [0.25, 0.3) is 0 Å². The monoisotopic (exact) mass is 651 g/mol. The fourth-order valence-corrected chi connectivity index (χ4v) is 9.55. The normalized spacial score (nSPS) is 32.2. The summed E-state index contributed by atoms with van der Waals surface area (Å²) in [7, 11) is -1.52. The Hall–Kier alpha value is -2.88. The van der Waals surface area contributed by atoms with Gasteiger partial charge in [-0.25, -0.2) is 4.21 Å². The largest absolute Gasteiger partial charge is 0.490 e. The summed E-state index contributed by atoms with van der Waals surface area (Å²) in [5.74, 6) is 0.631. The van der Waals surface area contributed by atoms with Crippen LogP contribution in [-0.4, -0.2) is 54.7 Å². The van der Waals surface area contributed by atoms with E-state index in [0.29, 0.717) is 36.8 Å². The van der Waals surface area contributed by atoms with Crippen molar-refractivity contribution in [2.45, 2.75) is 69.3 Å². The second kappa shape index (κ2) is 12.4. The average molecular weight is 652 g/mol. The second-order valence-electron chi connectivity index (χ2n) is 13.5. The van der Waals surface area contributed by atoms with E-state index < -0.39 is 15.8 Å². The molecule has 2 fully saturated rings. The molecule has 0 saturated heterocycles. The molecule has 240 valence electrons. The quantitative estimate of drug-likeness (QED) is 0.394. The van der Waals surface area contributed by atoms with Gasteiger partial charge in [-0.1, -0.05) is 29.8 Å². The predicted molar refractivity (Wildman–Crippen MR) is 176 cm³/mol. The number of nitrogens with zero attached hydrogens (tertiary/aromatic N) is 2. The molecule has 45 heavy (non-hydrogen) atoms. The van der Waals surface area contributed by atoms with Crippen LogP contribution < -0.4 is 14.4 Å². The molecule has 0 aromatic heterocycles. The van der Waals surface area contributed by atoms with Gasteiger partial charge in [-0.2, -0.15) is 0 Å². The zero-order valence-corrected chi connectivity index (χ0v) is 27.4. The third-order valence-electron chi connectivity index (χ3n) is 10.5. The predicted octanol–water partition coefficient (Wildman–Crippen LogP) is 6.25. The van der Waals surface area contributed by atoms with E-state index in [1.165, 1.54) is 11.1 Å². The third kappa shape index (κ3) is 6.28. The van der Waals surface area contributed by atoms with Crippen LogP contribution >= 0.6 is 11.6 Å². The van der Waals surface area contributed by atoms with E-state index in [-0.39, 0.29) is 29.1 Å². The number of carbonyl (C=O) groups excluding carboxylic acids is 2. The molecule has 2 amide bonds. The highest BCUT2D eigenvalue weighted by Gasteiger charge is 2.44. The molecule has 0 unspecified atom stereocenters. The van der Waals surface area contributed by atoms with Crippen molar-refractivity contribution in [1.29, 1.82) is 0 Å². The maximum Gasteiger partial charge on any atom is 0.286 e. The van der Waals surface area contributed by atoms with Gasteiger partial charge in [0, 0.05) is 42.1 Å². The van der Waals surface area contributed by atoms with Gasteiger partial charge < -0.3 is 14.4 Å². The number of fused-ring (bicyclic) bond motifs is 4. The van der Waals surface area contributed by atoms with Crippen molar-refractivity contribution in [3.63, 3.8) is 0 Å². The van der Waals surface area contributed by atoms with Crippen LogP contribution in [0.1, 0.15) is 72.9 Å². The summed E-state index contributed by atoms with van der Waals surface area (Å²) >= 11 is 6.43. The number of ether oxygens (including phenoxy) is 2. The van der Waals surface area contributed by atoms with Gasteiger partial charge in [-0.3, -0.25) is 14.3 Å². The summed E-state index contributed by atoms with van der Waals surface area (Å²) < 4.78 is 33.4. The lowest BCUT2D eigenvalue weighted by Gasteiger charge is -2.46. The van der Waals surface area contributed by atoms with E-state index in [9.17, 15) is 13.8 Å². The summed E-state index contributed by atoms with van der Waals surface area (Å²) in [6.45, 7) is 2.08. The van der Waals surface area contributed by atoms with Crippen molar-refractivity contribution >= 4 is 39.0 Å². The smallest absolute Gasteiger partial charge is 0.286 e. The van der Waals surface area contributed by atoms with Crippen molar-refractivity contribution in [1.82, 2.24) is 4.72 Å². The molecule has 2 saturated carbocycles. The van der Waals surface area contributed by atoms with Crippen LogP contribution in [0.5, 0.6) is 5.75 Å². The molecule has 2 aromatic rings. The number of methoxy groups -OCH3 is 1. The Labute approximate surface area is 271 Å². The van der Waals surface area contributed by atoms with Crippen molar-refractivity contribution < 1.29 is 23.3 Å². The van der Waals surface area contributed by atoms with Gasteiger partial charge >= 0.3 is 0 Å². The maximum atomic E-state index is 14.0. The minimum absolute atomic E-state index is 0.0117. The lowest BCUT2D eigenvalue weighted by atomic mass is 9.68. The van der Waals surface area contributed by atoms with E-state index >= 15 is 0 Å². The summed E-state index contributed by atoms with van der Waals surface area (Å²) in [5.41, 5.74) is 3.53. The number of benzene rings is 2. The molecule has 2 aromatic carbocycles. The van der Waals surface area contributed by atoms with Crippen molar-refractivity contribution in [2.75, 3.05) is 37.5 Å². The average Bonchev–Trinajstić information content (AvgIpc) is 3.87. The van der Waals surface area contributed by atoms with Gasteiger partial charge in [0.1, 0.15) is 15.7 Å². The standard InChI is InChI=1S/C35H42ClN3O5S/c1-43-31-7-3-2-4-17-45(42,37-33(40)23-8-9-23)38-34(41)25-11-15-32-30(19-25)39(20-26-10-13-28(26)31)21-35(22-44-32)16-5-6-24-18-27(36)12-14-29(24)35/h3,7,11-12,14-15,18-19,23,26,28,31H,2,4-6,8-10,13,16-17,20-22H2,1H3,(H,37,38,40,41,42)/b7-3+/t26-,28+,31-,35-,45+/m0/s1. The molecule has 3 aliphatic carbocycles. The van der Waals surface area contributed by atoms with Crippen LogP contribution in [0.4, 0.5) is 5.69 Å². The Morgan fingerprint density at radius 2 is 2.02 bits per heavy atom. The number of nitrogens with one attached hydrogen (secondary N) is 1. The Balaban J connectivity index is 1.30. The SMILES string of the molecule is CO[C@H]1/C=C/CCC[S@@](=O)(NC(=O)C2CC2)=NC(=O)c2ccc3c(c2)N(C[C@@H]2CC[C@H]21)C[C@@]1(CCCc2cc(Cl)ccc21)CO3. The van der Waals surface area contributed by atoms with Gasteiger partial charge in [-0.05, 0) is 111 Å². The lowest BCUT2D eigenvalue weighted by Crippen LogP contribution is -2.49. The first-order valence-electron chi connectivity index (χ1n) is 16.4. The molecule has 1 N–H and O–H groups in total. The van der Waals surface area contributed by atoms with E-state index in [2.05, 4.69) is 38.3 Å². The molecule has 5 aliphatic rings. The number of anilines is 1. The van der Waals surface area contributed by atoms with Crippen LogP contribution in [-0.2, 0) is 31.3 Å². The zero-order chi connectivity index (χ0) is 31.2. The van der Waals surface area contributed by atoms with E-state index in [1.807, 2.05) is 18.2 Å². The Morgan fingerprint density at radius 3 is 2.80 bits per heavy atom. The van der Waals surface area contributed by atoms with Gasteiger partial charge in [0.05, 0.1) is 24.2 Å². The summed E-state index contributed by atoms with van der Waals surface area (Å²) in [4.78, 5) is 28.8. The molecule has 8 nitrogen and oxygen atoms in total. The van der Waals surface area contributed by atoms with Gasteiger partial charge in [0.25, 0.3) is 5.91 Å². The van der Waals surface area contributed by atoms with Crippen LogP contribution in [0.3, 0.4) is 0 Å². The number of aryl methyl sites for hydroxylation is 1. The second-order valence-corrected chi connectivity index (χ2v) is 16.1. The van der Waals surface area contributed by atoms with Gasteiger partial charge in [0.15, 0.2) is 0 Å². The van der Waals surface area contributed by atoms with Crippen molar-refractivity contribution in [3.8, 4) is 5.75 Å². The number of carbonyl (C=O) groups is 2. The first-order chi connectivity index (χ1) is 21.8. The summed E-state index contributed by atoms with van der Waals surface area (Å²) in [5, 5.41) is 0.751. The summed E-state index contributed by atoms with van der Waals surface area (Å²) in [6.07, 6.45) is 12.2. The number of allylic oxidation sites excluding steroid dienone is 1. The molecule has 0 radical (unpaired) electrons. The molecule has 2 bridgehead atoms. The first-order valence-corrected chi connectivity index (χ1v) is 18.4. The lowest BCUT2D eigenvalue weighted by molar-refractivity contribution is -0.120. The minimum atomic E-state index is -3.29. The maximum absolute atomic E-state index is 14.0. The summed E-state index contributed by atoms with van der Waals surface area (Å²) in [6, 6.07) is 11.7. The number of halogens is 1. The fraction of sp³-hybridized carbons (Fsp3) is 0.543. The molecular formula is C35H42ClN3O5S. The molecule has 7 rings (SSSR count). The fourth-order valence-electron chi connectivity index (χ4n) is 7.70. The number of hydrogen-bond donors (Lipinski definition) is 1. The molecule has 1 spiro atoms. The highest BCUT2D eigenvalue weighted by molar-refractivity contribution is 7.92.